The first-order valence-corrected chi connectivity index (χ1v) is 5.39. The minimum absolute atomic E-state index is 0.0680. The maximum atomic E-state index is 11.4. The molecule has 2 amide bonds. The highest BCUT2D eigenvalue weighted by atomic mass is 16.2. The van der Waals surface area contributed by atoms with E-state index in [1.54, 1.807) is 0 Å². The van der Waals surface area contributed by atoms with E-state index in [9.17, 15) is 4.79 Å². The van der Waals surface area contributed by atoms with Gasteiger partial charge in [0.2, 0.25) is 0 Å². The van der Waals surface area contributed by atoms with Crippen LogP contribution in [0.1, 0.15) is 12.5 Å². The number of benzene rings is 1. The third kappa shape index (κ3) is 2.29. The van der Waals surface area contributed by atoms with Gasteiger partial charge in [0.15, 0.2) is 0 Å². The van der Waals surface area contributed by atoms with Gasteiger partial charge in [-0.05, 0) is 18.9 Å². The zero-order valence-electron chi connectivity index (χ0n) is 8.94. The molecule has 0 aromatic heterocycles. The van der Waals surface area contributed by atoms with E-state index in [-0.39, 0.29) is 12.1 Å². The molecule has 0 aliphatic carbocycles. The molecule has 0 bridgehead atoms. The molecule has 80 valence electrons. The van der Waals surface area contributed by atoms with E-state index in [0.717, 1.165) is 19.5 Å². The van der Waals surface area contributed by atoms with E-state index < -0.39 is 0 Å². The maximum absolute atomic E-state index is 11.4. The number of carbonyl (C=O) groups excluding carboxylic acids is 1. The van der Waals surface area contributed by atoms with Crippen molar-refractivity contribution in [3.63, 3.8) is 0 Å². The van der Waals surface area contributed by atoms with Gasteiger partial charge in [-0.15, -0.1) is 0 Å². The van der Waals surface area contributed by atoms with Crippen molar-refractivity contribution in [2.45, 2.75) is 19.4 Å². The van der Waals surface area contributed by atoms with Gasteiger partial charge in [0.05, 0.1) is 6.04 Å². The van der Waals surface area contributed by atoms with Crippen molar-refractivity contribution in [1.29, 1.82) is 0 Å². The van der Waals surface area contributed by atoms with E-state index in [0.29, 0.717) is 0 Å². The molecule has 1 aromatic carbocycles. The van der Waals surface area contributed by atoms with Crippen molar-refractivity contribution >= 4 is 6.03 Å². The molecule has 1 heterocycles. The molecule has 15 heavy (non-hydrogen) atoms. The SMILES string of the molecule is CCN1CC(Cc2ccccc2)NC1=O. The number of urea groups is 1. The van der Waals surface area contributed by atoms with Crippen molar-refractivity contribution in [2.75, 3.05) is 13.1 Å². The molecular formula is C12H16N2O. The van der Waals surface area contributed by atoms with E-state index in [4.69, 9.17) is 0 Å². The van der Waals surface area contributed by atoms with E-state index in [1.807, 2.05) is 30.0 Å². The van der Waals surface area contributed by atoms with E-state index in [2.05, 4.69) is 17.4 Å². The van der Waals surface area contributed by atoms with Crippen LogP contribution in [-0.2, 0) is 6.42 Å². The lowest BCUT2D eigenvalue weighted by atomic mass is 10.1. The largest absolute Gasteiger partial charge is 0.333 e. The predicted octanol–water partition coefficient (Wildman–Crippen LogP) is 1.64. The Balaban J connectivity index is 1.95. The Hall–Kier alpha value is -1.51. The first-order chi connectivity index (χ1) is 7.29. The average molecular weight is 204 g/mol. The maximum Gasteiger partial charge on any atom is 0.317 e. The van der Waals surface area contributed by atoms with Gasteiger partial charge in [-0.2, -0.15) is 0 Å². The zero-order valence-corrected chi connectivity index (χ0v) is 8.94. The Bertz CT molecular complexity index is 337. The molecule has 1 fully saturated rings. The topological polar surface area (TPSA) is 32.3 Å². The molecule has 0 spiro atoms. The standard InChI is InChI=1S/C12H16N2O/c1-2-14-9-11(13-12(14)15)8-10-6-4-3-5-7-10/h3-7,11H,2,8-9H2,1H3,(H,13,15). The van der Waals surface area contributed by atoms with Gasteiger partial charge in [-0.3, -0.25) is 0 Å². The molecule has 1 unspecified atom stereocenters. The molecule has 1 saturated heterocycles. The molecule has 0 saturated carbocycles. The Labute approximate surface area is 90.1 Å². The summed E-state index contributed by atoms with van der Waals surface area (Å²) in [6.45, 7) is 3.62. The fraction of sp³-hybridized carbons (Fsp3) is 0.417. The fourth-order valence-electron chi connectivity index (χ4n) is 1.95. The summed E-state index contributed by atoms with van der Waals surface area (Å²) < 4.78 is 0. The van der Waals surface area contributed by atoms with E-state index >= 15 is 0 Å². The van der Waals surface area contributed by atoms with Gasteiger partial charge >= 0.3 is 6.03 Å². The second kappa shape index (κ2) is 4.34. The number of likely N-dealkylation sites (N-methyl/N-ethyl adjacent to an activating group) is 1. The highest BCUT2D eigenvalue weighted by Gasteiger charge is 2.26. The van der Waals surface area contributed by atoms with Crippen molar-refractivity contribution in [1.82, 2.24) is 10.2 Å². The Morgan fingerprint density at radius 3 is 2.73 bits per heavy atom. The molecule has 1 aliphatic rings. The number of amides is 2. The molecule has 1 aliphatic heterocycles. The van der Waals surface area contributed by atoms with E-state index in [1.165, 1.54) is 5.56 Å². The second-order valence-corrected chi connectivity index (χ2v) is 3.87. The normalized spacial score (nSPS) is 20.5. The first-order valence-electron chi connectivity index (χ1n) is 5.39. The monoisotopic (exact) mass is 204 g/mol. The van der Waals surface area contributed by atoms with Crippen LogP contribution in [0.25, 0.3) is 0 Å². The van der Waals surface area contributed by atoms with Gasteiger partial charge in [0.25, 0.3) is 0 Å². The van der Waals surface area contributed by atoms with Crippen LogP contribution in [0.5, 0.6) is 0 Å². The van der Waals surface area contributed by atoms with Gasteiger partial charge < -0.3 is 10.2 Å². The van der Waals surface area contributed by atoms with Crippen molar-refractivity contribution in [2.24, 2.45) is 0 Å². The first kappa shape index (κ1) is 10.0. The van der Waals surface area contributed by atoms with Gasteiger partial charge in [-0.1, -0.05) is 30.3 Å². The summed E-state index contributed by atoms with van der Waals surface area (Å²) in [5, 5.41) is 2.99. The molecule has 3 heteroatoms. The van der Waals surface area contributed by atoms with Gasteiger partial charge in [0.1, 0.15) is 0 Å². The molecule has 1 N–H and O–H groups in total. The van der Waals surface area contributed by atoms with Crippen molar-refractivity contribution in [3.8, 4) is 0 Å². The molecule has 1 aromatic rings. The van der Waals surface area contributed by atoms with Crippen LogP contribution in [0.2, 0.25) is 0 Å². The summed E-state index contributed by atoms with van der Waals surface area (Å²) in [6, 6.07) is 10.6. The quantitative estimate of drug-likeness (QED) is 0.797. The minimum Gasteiger partial charge on any atom is -0.333 e. The predicted molar refractivity (Wildman–Crippen MR) is 59.7 cm³/mol. The summed E-state index contributed by atoms with van der Waals surface area (Å²) in [4.78, 5) is 13.3. The number of carbonyl (C=O) groups is 1. The Morgan fingerprint density at radius 1 is 1.40 bits per heavy atom. The summed E-state index contributed by atoms with van der Waals surface area (Å²) >= 11 is 0. The van der Waals surface area contributed by atoms with Crippen molar-refractivity contribution in [3.05, 3.63) is 35.9 Å². The summed E-state index contributed by atoms with van der Waals surface area (Å²) in [5.41, 5.74) is 1.28. The lowest BCUT2D eigenvalue weighted by Gasteiger charge is -2.11. The molecule has 3 nitrogen and oxygen atoms in total. The van der Waals surface area contributed by atoms with Gasteiger partial charge in [-0.25, -0.2) is 4.79 Å². The van der Waals surface area contributed by atoms with Crippen LogP contribution in [-0.4, -0.2) is 30.1 Å². The third-order valence-corrected chi connectivity index (χ3v) is 2.76. The summed E-state index contributed by atoms with van der Waals surface area (Å²) in [7, 11) is 0. The zero-order chi connectivity index (χ0) is 10.7. The minimum atomic E-state index is 0.0680. The van der Waals surface area contributed by atoms with Crippen LogP contribution >= 0.6 is 0 Å². The van der Waals surface area contributed by atoms with Crippen LogP contribution in [0.4, 0.5) is 4.79 Å². The Kier molecular flexibility index (Phi) is 2.90. The summed E-state index contributed by atoms with van der Waals surface area (Å²) in [6.07, 6.45) is 0.920. The number of hydrogen-bond donors (Lipinski definition) is 1. The molecule has 0 radical (unpaired) electrons. The smallest absolute Gasteiger partial charge is 0.317 e. The lowest BCUT2D eigenvalue weighted by Crippen LogP contribution is -2.29. The van der Waals surface area contributed by atoms with Crippen LogP contribution in [0.3, 0.4) is 0 Å². The number of hydrogen-bond acceptors (Lipinski definition) is 1. The second-order valence-electron chi connectivity index (χ2n) is 3.87. The van der Waals surface area contributed by atoms with Crippen molar-refractivity contribution < 1.29 is 4.79 Å². The highest BCUT2D eigenvalue weighted by molar-refractivity contribution is 5.76. The Morgan fingerprint density at radius 2 is 2.13 bits per heavy atom. The molecular weight excluding hydrogens is 188 g/mol. The number of nitrogens with one attached hydrogen (secondary N) is 1. The van der Waals surface area contributed by atoms with Crippen LogP contribution < -0.4 is 5.32 Å². The number of rotatable bonds is 3. The van der Waals surface area contributed by atoms with Gasteiger partial charge in [0, 0.05) is 13.1 Å². The third-order valence-electron chi connectivity index (χ3n) is 2.76. The van der Waals surface area contributed by atoms with Crippen LogP contribution in [0, 0.1) is 0 Å². The number of nitrogens with zero attached hydrogens (tertiary/aromatic N) is 1. The average Bonchev–Trinajstić information content (AvgIpc) is 2.60. The highest BCUT2D eigenvalue weighted by Crippen LogP contribution is 2.09. The molecule has 2 rings (SSSR count). The lowest BCUT2D eigenvalue weighted by molar-refractivity contribution is 0.219. The fourth-order valence-corrected chi connectivity index (χ4v) is 1.95. The molecule has 1 atom stereocenters. The van der Waals surface area contributed by atoms with Crippen LogP contribution in [0.15, 0.2) is 30.3 Å². The summed E-state index contributed by atoms with van der Waals surface area (Å²) in [5.74, 6) is 0.